The summed E-state index contributed by atoms with van der Waals surface area (Å²) in [5.74, 6) is 0.890. The number of imidazole rings is 1. The second kappa shape index (κ2) is 8.83. The van der Waals surface area contributed by atoms with E-state index >= 15 is 0 Å². The molecule has 0 saturated carbocycles. The number of rotatable bonds is 6. The van der Waals surface area contributed by atoms with Crippen molar-refractivity contribution in [1.82, 2.24) is 30.2 Å². The van der Waals surface area contributed by atoms with E-state index < -0.39 is 0 Å². The van der Waals surface area contributed by atoms with Crippen molar-refractivity contribution in [2.24, 2.45) is 0 Å². The van der Waals surface area contributed by atoms with Gasteiger partial charge in [0.05, 0.1) is 17.9 Å². The van der Waals surface area contributed by atoms with Crippen molar-refractivity contribution in [1.29, 1.82) is 0 Å². The van der Waals surface area contributed by atoms with Gasteiger partial charge in [-0.05, 0) is 24.7 Å². The molecule has 0 unspecified atom stereocenters. The number of pyridine rings is 2. The van der Waals surface area contributed by atoms with Crippen LogP contribution in [-0.4, -0.2) is 58.1 Å². The van der Waals surface area contributed by atoms with E-state index in [4.69, 9.17) is 4.98 Å². The van der Waals surface area contributed by atoms with Gasteiger partial charge >= 0.3 is 0 Å². The van der Waals surface area contributed by atoms with Gasteiger partial charge < -0.3 is 20.1 Å². The van der Waals surface area contributed by atoms with Crippen LogP contribution in [0.2, 0.25) is 0 Å². The molecule has 31 heavy (non-hydrogen) atoms. The molecule has 4 aromatic rings. The fraction of sp³-hybridized carbons (Fsp3) is 0.292. The van der Waals surface area contributed by atoms with Gasteiger partial charge in [0.1, 0.15) is 11.3 Å². The fourth-order valence-corrected chi connectivity index (χ4v) is 4.10. The summed E-state index contributed by atoms with van der Waals surface area (Å²) in [6.07, 6.45) is 3.70. The zero-order valence-electron chi connectivity index (χ0n) is 17.8. The largest absolute Gasteiger partial charge is 0.367 e. The van der Waals surface area contributed by atoms with Crippen LogP contribution in [0.15, 0.2) is 60.9 Å². The van der Waals surface area contributed by atoms with Crippen molar-refractivity contribution in [2.75, 3.05) is 38.1 Å². The van der Waals surface area contributed by atoms with E-state index in [1.54, 1.807) is 0 Å². The number of hydrogen-bond acceptors (Lipinski definition) is 6. The topological polar surface area (TPSA) is 73.0 Å². The number of fused-ring (bicyclic) bond motifs is 1. The third-order valence-corrected chi connectivity index (χ3v) is 5.82. The second-order valence-corrected chi connectivity index (χ2v) is 7.97. The van der Waals surface area contributed by atoms with Gasteiger partial charge in [-0.15, -0.1) is 0 Å². The zero-order chi connectivity index (χ0) is 21.0. The molecule has 158 valence electrons. The Kier molecular flexibility index (Phi) is 5.60. The van der Waals surface area contributed by atoms with Crippen LogP contribution in [0.1, 0.15) is 11.5 Å². The standard InChI is InChI=1S/C24H27N7/c1-30-12-14-31(15-13-30)21-9-11-27-24-23(21)28-22(29-24)17-25-16-20-19(8-5-10-26-20)18-6-3-2-4-7-18/h2-11,25H,12-17H2,1H3,(H,27,28,29). The van der Waals surface area contributed by atoms with Gasteiger partial charge in [0.2, 0.25) is 0 Å². The van der Waals surface area contributed by atoms with Gasteiger partial charge in [0.15, 0.2) is 5.65 Å². The van der Waals surface area contributed by atoms with Crippen molar-refractivity contribution in [3.8, 4) is 11.1 Å². The fourth-order valence-electron chi connectivity index (χ4n) is 4.10. The summed E-state index contributed by atoms with van der Waals surface area (Å²) in [5.41, 5.74) is 6.34. The summed E-state index contributed by atoms with van der Waals surface area (Å²) < 4.78 is 0. The molecule has 0 atom stereocenters. The Morgan fingerprint density at radius 2 is 1.74 bits per heavy atom. The molecule has 1 aliphatic heterocycles. The summed E-state index contributed by atoms with van der Waals surface area (Å²) in [7, 11) is 2.17. The maximum atomic E-state index is 4.71. The lowest BCUT2D eigenvalue weighted by molar-refractivity contribution is 0.313. The Labute approximate surface area is 182 Å². The summed E-state index contributed by atoms with van der Waals surface area (Å²) in [5, 5.41) is 3.49. The average Bonchev–Trinajstić information content (AvgIpc) is 3.24. The molecule has 0 aliphatic carbocycles. The van der Waals surface area contributed by atoms with Crippen LogP contribution in [0.3, 0.4) is 0 Å². The lowest BCUT2D eigenvalue weighted by Crippen LogP contribution is -2.44. The van der Waals surface area contributed by atoms with E-state index in [0.717, 1.165) is 54.4 Å². The third kappa shape index (κ3) is 4.28. The molecule has 0 amide bonds. The Morgan fingerprint density at radius 1 is 0.903 bits per heavy atom. The first-order valence-electron chi connectivity index (χ1n) is 10.7. The number of nitrogens with one attached hydrogen (secondary N) is 2. The molecule has 2 N–H and O–H groups in total. The van der Waals surface area contributed by atoms with E-state index in [9.17, 15) is 0 Å². The molecular weight excluding hydrogens is 386 g/mol. The Bertz CT molecular complexity index is 1150. The molecule has 4 heterocycles. The third-order valence-electron chi connectivity index (χ3n) is 5.82. The van der Waals surface area contributed by atoms with Crippen LogP contribution in [0.25, 0.3) is 22.3 Å². The average molecular weight is 414 g/mol. The highest BCUT2D eigenvalue weighted by atomic mass is 15.3. The normalized spacial score (nSPS) is 14.9. The summed E-state index contributed by atoms with van der Waals surface area (Å²) in [6.45, 7) is 5.47. The number of piperazine rings is 1. The number of aromatic amines is 1. The van der Waals surface area contributed by atoms with Crippen LogP contribution in [0.4, 0.5) is 5.69 Å². The highest BCUT2D eigenvalue weighted by molar-refractivity contribution is 5.86. The summed E-state index contributed by atoms with van der Waals surface area (Å²) in [6, 6.07) is 16.6. The first-order chi connectivity index (χ1) is 15.3. The molecule has 0 radical (unpaired) electrons. The Hall–Kier alpha value is -3.29. The number of anilines is 1. The molecule has 1 saturated heterocycles. The van der Waals surface area contributed by atoms with E-state index in [2.05, 4.69) is 73.5 Å². The molecule has 7 heteroatoms. The highest BCUT2D eigenvalue weighted by Gasteiger charge is 2.18. The van der Waals surface area contributed by atoms with E-state index in [-0.39, 0.29) is 0 Å². The Morgan fingerprint density at radius 3 is 2.58 bits per heavy atom. The summed E-state index contributed by atoms with van der Waals surface area (Å²) in [4.78, 5) is 22.0. The first kappa shape index (κ1) is 19.7. The molecule has 1 aliphatic rings. The molecule has 5 rings (SSSR count). The lowest BCUT2D eigenvalue weighted by atomic mass is 10.0. The van der Waals surface area contributed by atoms with Crippen molar-refractivity contribution < 1.29 is 0 Å². The molecule has 1 aromatic carbocycles. The van der Waals surface area contributed by atoms with Crippen LogP contribution >= 0.6 is 0 Å². The summed E-state index contributed by atoms with van der Waals surface area (Å²) >= 11 is 0. The van der Waals surface area contributed by atoms with Crippen molar-refractivity contribution >= 4 is 16.9 Å². The van der Waals surface area contributed by atoms with Crippen molar-refractivity contribution in [2.45, 2.75) is 13.1 Å². The molecule has 3 aromatic heterocycles. The quantitative estimate of drug-likeness (QED) is 0.506. The minimum atomic E-state index is 0.628. The van der Waals surface area contributed by atoms with Crippen LogP contribution in [-0.2, 0) is 13.1 Å². The molecule has 1 fully saturated rings. The number of benzene rings is 1. The highest BCUT2D eigenvalue weighted by Crippen LogP contribution is 2.25. The number of hydrogen-bond donors (Lipinski definition) is 2. The monoisotopic (exact) mass is 413 g/mol. The van der Waals surface area contributed by atoms with Crippen LogP contribution in [0.5, 0.6) is 0 Å². The smallest absolute Gasteiger partial charge is 0.179 e. The SMILES string of the molecule is CN1CCN(c2ccnc3nc(CNCc4ncccc4-c4ccccc4)[nH]c23)CC1. The van der Waals surface area contributed by atoms with Crippen LogP contribution in [0, 0.1) is 0 Å². The van der Waals surface area contributed by atoms with Gasteiger partial charge in [-0.1, -0.05) is 36.4 Å². The van der Waals surface area contributed by atoms with Crippen molar-refractivity contribution in [3.05, 3.63) is 72.4 Å². The van der Waals surface area contributed by atoms with Gasteiger partial charge in [-0.3, -0.25) is 4.98 Å². The van der Waals surface area contributed by atoms with Gasteiger partial charge in [-0.25, -0.2) is 9.97 Å². The van der Waals surface area contributed by atoms with E-state index in [0.29, 0.717) is 13.1 Å². The molecular formula is C24H27N7. The molecule has 7 nitrogen and oxygen atoms in total. The first-order valence-corrected chi connectivity index (χ1v) is 10.7. The van der Waals surface area contributed by atoms with Gasteiger partial charge in [0.25, 0.3) is 0 Å². The second-order valence-electron chi connectivity index (χ2n) is 7.97. The minimum absolute atomic E-state index is 0.628. The number of H-pyrrole nitrogens is 1. The maximum Gasteiger partial charge on any atom is 0.179 e. The Balaban J connectivity index is 1.30. The minimum Gasteiger partial charge on any atom is -0.367 e. The number of likely N-dealkylation sites (N-methyl/N-ethyl adjacent to an activating group) is 1. The number of nitrogens with zero attached hydrogens (tertiary/aromatic N) is 5. The predicted octanol–water partition coefficient (Wildman–Crippen LogP) is 3.06. The maximum absolute atomic E-state index is 4.71. The van der Waals surface area contributed by atoms with E-state index in [1.165, 1.54) is 11.3 Å². The lowest BCUT2D eigenvalue weighted by Gasteiger charge is -2.34. The molecule has 0 bridgehead atoms. The van der Waals surface area contributed by atoms with Gasteiger partial charge in [0, 0.05) is 50.7 Å². The van der Waals surface area contributed by atoms with Crippen molar-refractivity contribution in [3.63, 3.8) is 0 Å². The van der Waals surface area contributed by atoms with E-state index in [1.807, 2.05) is 24.5 Å². The zero-order valence-corrected chi connectivity index (χ0v) is 17.8. The molecule has 0 spiro atoms. The van der Waals surface area contributed by atoms with Gasteiger partial charge in [-0.2, -0.15) is 0 Å². The van der Waals surface area contributed by atoms with Crippen LogP contribution < -0.4 is 10.2 Å². The number of aromatic nitrogens is 4. The predicted molar refractivity (Wildman–Crippen MR) is 124 cm³/mol.